The molecule has 4 nitrogen and oxygen atoms in total. The normalized spacial score (nSPS) is 25.9. The van der Waals surface area contributed by atoms with Crippen LogP contribution in [0, 0.1) is 5.82 Å². The molecule has 1 fully saturated rings. The van der Waals surface area contributed by atoms with Gasteiger partial charge in [0.15, 0.2) is 0 Å². The van der Waals surface area contributed by atoms with Crippen molar-refractivity contribution in [1.29, 1.82) is 0 Å². The third kappa shape index (κ3) is 6.16. The monoisotopic (exact) mass is 385 g/mol. The second-order valence-electron chi connectivity index (χ2n) is 9.04. The summed E-state index contributed by atoms with van der Waals surface area (Å²) in [6, 6.07) is 6.40. The third-order valence-corrected chi connectivity index (χ3v) is 6.02. The van der Waals surface area contributed by atoms with Crippen molar-refractivity contribution in [2.75, 3.05) is 19.8 Å². The Morgan fingerprint density at radius 3 is 2.50 bits per heavy atom. The van der Waals surface area contributed by atoms with Crippen molar-refractivity contribution >= 4 is 19.5 Å². The molecule has 6 heteroatoms. The highest BCUT2D eigenvalue weighted by Gasteiger charge is 2.24. The van der Waals surface area contributed by atoms with Crippen LogP contribution >= 0.6 is 0 Å². The first-order chi connectivity index (χ1) is 13.4. The van der Waals surface area contributed by atoms with E-state index in [4.69, 9.17) is 0 Å². The molecule has 1 aromatic rings. The van der Waals surface area contributed by atoms with Crippen LogP contribution in [0.2, 0.25) is 5.31 Å². The van der Waals surface area contributed by atoms with E-state index in [2.05, 4.69) is 24.8 Å². The van der Waals surface area contributed by atoms with E-state index in [0.717, 1.165) is 30.8 Å². The number of rotatable bonds is 3. The molecule has 28 heavy (non-hydrogen) atoms. The van der Waals surface area contributed by atoms with Crippen molar-refractivity contribution < 1.29 is 9.18 Å². The molecule has 0 bridgehead atoms. The molecule has 3 rings (SSSR count). The maximum Gasteiger partial charge on any atom is 0.244 e. The Kier molecular flexibility index (Phi) is 7.27. The summed E-state index contributed by atoms with van der Waals surface area (Å²) in [6.07, 6.45) is 9.83. The standard InChI is InChI=1S/C22H33BFN3O/c1-22(23)13-4-2-3-5-15-26(16-6-14-22)17-27-21(28)12-11-20(25-27)18-7-9-19(24)10-8-18/h7-10H,2-6,11-17,23H2,1H3. The Labute approximate surface area is 169 Å². The van der Waals surface area contributed by atoms with E-state index < -0.39 is 0 Å². The molecule has 0 aliphatic carbocycles. The van der Waals surface area contributed by atoms with Gasteiger partial charge in [0.05, 0.1) is 12.4 Å². The van der Waals surface area contributed by atoms with Crippen molar-refractivity contribution in [2.24, 2.45) is 5.10 Å². The minimum absolute atomic E-state index is 0.0838. The minimum atomic E-state index is -0.250. The molecule has 1 atom stereocenters. The number of hydrogen-bond donors (Lipinski definition) is 0. The van der Waals surface area contributed by atoms with Gasteiger partial charge in [-0.05, 0) is 43.6 Å². The lowest BCUT2D eigenvalue weighted by Crippen LogP contribution is -2.42. The Morgan fingerprint density at radius 1 is 1.04 bits per heavy atom. The SMILES string of the molecule is BC1(C)CCCCCCN(CN2N=C(c3ccc(F)cc3)CCC2=O)CCC1. The van der Waals surface area contributed by atoms with Crippen molar-refractivity contribution in [2.45, 2.75) is 70.0 Å². The van der Waals surface area contributed by atoms with Crippen molar-refractivity contribution in [3.8, 4) is 0 Å². The Balaban J connectivity index is 1.67. The zero-order valence-electron chi connectivity index (χ0n) is 17.4. The highest BCUT2D eigenvalue weighted by atomic mass is 19.1. The fourth-order valence-corrected chi connectivity index (χ4v) is 4.20. The summed E-state index contributed by atoms with van der Waals surface area (Å²) in [4.78, 5) is 14.9. The maximum atomic E-state index is 13.2. The van der Waals surface area contributed by atoms with E-state index in [9.17, 15) is 9.18 Å². The van der Waals surface area contributed by atoms with Crippen LogP contribution in [-0.4, -0.2) is 49.1 Å². The number of carbonyl (C=O) groups excluding carboxylic acids is 1. The van der Waals surface area contributed by atoms with Gasteiger partial charge in [0.2, 0.25) is 5.91 Å². The molecular formula is C22H33BFN3O. The first-order valence-corrected chi connectivity index (χ1v) is 10.8. The van der Waals surface area contributed by atoms with Crippen LogP contribution in [0.4, 0.5) is 4.39 Å². The van der Waals surface area contributed by atoms with Gasteiger partial charge in [0.1, 0.15) is 13.7 Å². The molecule has 2 heterocycles. The van der Waals surface area contributed by atoms with Crippen LogP contribution < -0.4 is 0 Å². The van der Waals surface area contributed by atoms with E-state index in [1.165, 1.54) is 50.7 Å². The zero-order valence-corrected chi connectivity index (χ0v) is 17.4. The van der Waals surface area contributed by atoms with Crippen LogP contribution in [0.3, 0.4) is 0 Å². The summed E-state index contributed by atoms with van der Waals surface area (Å²) in [5.41, 5.74) is 1.77. The fraction of sp³-hybridized carbons (Fsp3) is 0.636. The van der Waals surface area contributed by atoms with Crippen LogP contribution in [0.1, 0.15) is 70.3 Å². The molecule has 2 aliphatic rings. The van der Waals surface area contributed by atoms with Gasteiger partial charge in [0.25, 0.3) is 0 Å². The molecule has 1 unspecified atom stereocenters. The van der Waals surface area contributed by atoms with Gasteiger partial charge in [-0.25, -0.2) is 9.40 Å². The van der Waals surface area contributed by atoms with Gasteiger partial charge >= 0.3 is 0 Å². The van der Waals surface area contributed by atoms with E-state index in [0.29, 0.717) is 24.8 Å². The second kappa shape index (κ2) is 9.68. The van der Waals surface area contributed by atoms with E-state index in [1.807, 2.05) is 0 Å². The fourth-order valence-electron chi connectivity index (χ4n) is 4.20. The first-order valence-electron chi connectivity index (χ1n) is 10.8. The molecular weight excluding hydrogens is 352 g/mol. The number of benzene rings is 1. The topological polar surface area (TPSA) is 35.9 Å². The molecule has 1 amide bonds. The predicted octanol–water partition coefficient (Wildman–Crippen LogP) is 3.97. The summed E-state index contributed by atoms with van der Waals surface area (Å²) < 4.78 is 13.2. The van der Waals surface area contributed by atoms with Crippen LogP contribution in [0.25, 0.3) is 0 Å². The number of hydrogen-bond acceptors (Lipinski definition) is 3. The Hall–Kier alpha value is -1.69. The zero-order chi connectivity index (χ0) is 20.0. The highest BCUT2D eigenvalue weighted by Crippen LogP contribution is 2.34. The van der Waals surface area contributed by atoms with Crippen molar-refractivity contribution in [3.63, 3.8) is 0 Å². The van der Waals surface area contributed by atoms with Gasteiger partial charge in [-0.2, -0.15) is 5.10 Å². The molecule has 0 N–H and O–H groups in total. The third-order valence-electron chi connectivity index (χ3n) is 6.02. The highest BCUT2D eigenvalue weighted by molar-refractivity contribution is 6.14. The van der Waals surface area contributed by atoms with Crippen LogP contribution in [0.15, 0.2) is 29.4 Å². The summed E-state index contributed by atoms with van der Waals surface area (Å²) in [6.45, 7) is 4.97. The first kappa shape index (κ1) is 21.0. The number of halogens is 1. The lowest BCUT2D eigenvalue weighted by Gasteiger charge is -2.31. The largest absolute Gasteiger partial charge is 0.284 e. The summed E-state index contributed by atoms with van der Waals surface area (Å²) in [5, 5.41) is 6.68. The number of amides is 1. The lowest BCUT2D eigenvalue weighted by atomic mass is 9.64. The lowest BCUT2D eigenvalue weighted by molar-refractivity contribution is -0.134. The predicted molar refractivity (Wildman–Crippen MR) is 115 cm³/mol. The molecule has 1 saturated heterocycles. The van der Waals surface area contributed by atoms with Gasteiger partial charge in [-0.15, -0.1) is 0 Å². The van der Waals surface area contributed by atoms with Crippen molar-refractivity contribution in [3.05, 3.63) is 35.6 Å². The average molecular weight is 385 g/mol. The van der Waals surface area contributed by atoms with Gasteiger partial charge < -0.3 is 0 Å². The van der Waals surface area contributed by atoms with Gasteiger partial charge in [-0.1, -0.05) is 56.5 Å². The molecule has 0 radical (unpaired) electrons. The molecule has 0 spiro atoms. The Morgan fingerprint density at radius 2 is 1.71 bits per heavy atom. The summed E-state index contributed by atoms with van der Waals surface area (Å²) in [7, 11) is 2.38. The van der Waals surface area contributed by atoms with E-state index in [-0.39, 0.29) is 11.7 Å². The number of carbonyl (C=O) groups is 1. The number of nitrogens with zero attached hydrogens (tertiary/aromatic N) is 3. The molecule has 2 aliphatic heterocycles. The van der Waals surface area contributed by atoms with Crippen LogP contribution in [0.5, 0.6) is 0 Å². The van der Waals surface area contributed by atoms with Gasteiger partial charge in [-0.3, -0.25) is 9.69 Å². The smallest absolute Gasteiger partial charge is 0.244 e. The van der Waals surface area contributed by atoms with Gasteiger partial charge in [0, 0.05) is 12.8 Å². The summed E-state index contributed by atoms with van der Waals surface area (Å²) in [5.74, 6) is -0.167. The average Bonchev–Trinajstić information content (AvgIpc) is 2.69. The molecule has 0 aromatic heterocycles. The van der Waals surface area contributed by atoms with Crippen molar-refractivity contribution in [1.82, 2.24) is 9.91 Å². The van der Waals surface area contributed by atoms with E-state index in [1.54, 1.807) is 17.1 Å². The summed E-state index contributed by atoms with van der Waals surface area (Å²) >= 11 is 0. The molecule has 0 saturated carbocycles. The minimum Gasteiger partial charge on any atom is -0.284 e. The molecule has 1 aromatic carbocycles. The van der Waals surface area contributed by atoms with Crippen LogP contribution in [-0.2, 0) is 4.79 Å². The second-order valence-corrected chi connectivity index (χ2v) is 9.04. The quantitative estimate of drug-likeness (QED) is 0.739. The van der Waals surface area contributed by atoms with E-state index >= 15 is 0 Å². The molecule has 152 valence electrons. The maximum absolute atomic E-state index is 13.2. The Bertz CT molecular complexity index is 690. The number of hydrazone groups is 1.